The summed E-state index contributed by atoms with van der Waals surface area (Å²) in [5, 5.41) is 0. The first kappa shape index (κ1) is 11.6. The van der Waals surface area contributed by atoms with Crippen molar-refractivity contribution in [3.63, 3.8) is 0 Å². The van der Waals surface area contributed by atoms with Crippen LogP contribution in [0.3, 0.4) is 0 Å². The average Bonchev–Trinajstić information content (AvgIpc) is 2.10. The van der Waals surface area contributed by atoms with E-state index in [2.05, 4.69) is 0 Å². The predicted molar refractivity (Wildman–Crippen MR) is 45.9 cm³/mol. The van der Waals surface area contributed by atoms with Crippen LogP contribution in [0.4, 0.5) is 0 Å². The standard InChI is InChI=1S/C8H16NO3/c1-11-7-4-9(3-6-10)5-8-12-2/h3-5,7-8H2,1-2H3. The highest BCUT2D eigenvalue weighted by molar-refractivity contribution is 5.52. The molecule has 0 saturated heterocycles. The topological polar surface area (TPSA) is 38.8 Å². The molecule has 0 aliphatic rings. The second-order valence-corrected chi connectivity index (χ2v) is 2.41. The first-order chi connectivity index (χ1) is 5.85. The van der Waals surface area contributed by atoms with Crippen LogP contribution in [0.5, 0.6) is 0 Å². The van der Waals surface area contributed by atoms with Crippen LogP contribution in [0.2, 0.25) is 0 Å². The van der Waals surface area contributed by atoms with E-state index < -0.39 is 0 Å². The van der Waals surface area contributed by atoms with Gasteiger partial charge in [0.1, 0.15) is 0 Å². The maximum Gasteiger partial charge on any atom is 0.213 e. The Morgan fingerprint density at radius 3 is 2.00 bits per heavy atom. The maximum atomic E-state index is 10.1. The number of nitrogens with zero attached hydrogens (tertiary/aromatic N) is 1. The molecule has 1 radical (unpaired) electrons. The van der Waals surface area contributed by atoms with Crippen LogP contribution < -0.4 is 0 Å². The van der Waals surface area contributed by atoms with Crippen molar-refractivity contribution in [2.45, 2.75) is 0 Å². The van der Waals surface area contributed by atoms with E-state index in [0.29, 0.717) is 19.8 Å². The number of methoxy groups -OCH3 is 2. The fraction of sp³-hybridized carbons (Fsp3) is 0.875. The van der Waals surface area contributed by atoms with E-state index in [1.165, 1.54) is 0 Å². The van der Waals surface area contributed by atoms with Gasteiger partial charge in [-0.15, -0.1) is 0 Å². The lowest BCUT2D eigenvalue weighted by Gasteiger charge is -2.17. The van der Waals surface area contributed by atoms with Crippen molar-refractivity contribution in [3.05, 3.63) is 0 Å². The summed E-state index contributed by atoms with van der Waals surface area (Å²) in [5.41, 5.74) is 0. The molecule has 0 aliphatic carbocycles. The zero-order chi connectivity index (χ0) is 9.23. The summed E-state index contributed by atoms with van der Waals surface area (Å²) in [6.45, 7) is 3.08. The minimum Gasteiger partial charge on any atom is -0.383 e. The molecule has 0 aromatic heterocycles. The molecule has 4 heteroatoms. The van der Waals surface area contributed by atoms with Gasteiger partial charge in [-0.2, -0.15) is 0 Å². The summed E-state index contributed by atoms with van der Waals surface area (Å²) in [6.07, 6.45) is 1.85. The normalized spacial score (nSPS) is 10.6. The van der Waals surface area contributed by atoms with Crippen LogP contribution in [-0.2, 0) is 14.3 Å². The average molecular weight is 174 g/mol. The molecule has 0 aliphatic heterocycles. The van der Waals surface area contributed by atoms with Gasteiger partial charge in [-0.1, -0.05) is 0 Å². The quantitative estimate of drug-likeness (QED) is 0.506. The fourth-order valence-corrected chi connectivity index (χ4v) is 0.802. The van der Waals surface area contributed by atoms with E-state index in [-0.39, 0.29) is 0 Å². The lowest BCUT2D eigenvalue weighted by atomic mass is 10.5. The lowest BCUT2D eigenvalue weighted by Crippen LogP contribution is -2.32. The van der Waals surface area contributed by atoms with Crippen molar-refractivity contribution in [1.82, 2.24) is 4.90 Å². The molecular formula is C8H16NO3. The molecule has 71 valence electrons. The SMILES string of the molecule is COCCN(C[C]=O)CCOC. The van der Waals surface area contributed by atoms with Crippen molar-refractivity contribution in [2.75, 3.05) is 47.1 Å². The maximum absolute atomic E-state index is 10.1. The Kier molecular flexibility index (Phi) is 8.32. The Hall–Kier alpha value is -0.450. The second kappa shape index (κ2) is 8.64. The molecule has 0 saturated carbocycles. The van der Waals surface area contributed by atoms with Crippen LogP contribution in [0.1, 0.15) is 0 Å². The van der Waals surface area contributed by atoms with Gasteiger partial charge in [-0.25, -0.2) is 0 Å². The third-order valence-electron chi connectivity index (χ3n) is 1.51. The molecule has 0 amide bonds. The van der Waals surface area contributed by atoms with Gasteiger partial charge in [0, 0.05) is 27.3 Å². The summed E-state index contributed by atoms with van der Waals surface area (Å²) in [4.78, 5) is 12.0. The molecule has 0 N–H and O–H groups in total. The molecule has 0 unspecified atom stereocenters. The van der Waals surface area contributed by atoms with Crippen LogP contribution in [-0.4, -0.2) is 58.3 Å². The fourth-order valence-electron chi connectivity index (χ4n) is 0.802. The molecule has 0 fully saturated rings. The van der Waals surface area contributed by atoms with Crippen molar-refractivity contribution < 1.29 is 14.3 Å². The van der Waals surface area contributed by atoms with E-state index in [0.717, 1.165) is 13.1 Å². The summed E-state index contributed by atoms with van der Waals surface area (Å²) < 4.78 is 9.77. The highest BCUT2D eigenvalue weighted by Crippen LogP contribution is 1.86. The summed E-state index contributed by atoms with van der Waals surface area (Å²) in [6, 6.07) is 0. The first-order valence-corrected chi connectivity index (χ1v) is 3.90. The van der Waals surface area contributed by atoms with Gasteiger partial charge in [0.25, 0.3) is 0 Å². The smallest absolute Gasteiger partial charge is 0.213 e. The molecule has 0 heterocycles. The Morgan fingerprint density at radius 2 is 1.67 bits per heavy atom. The highest BCUT2D eigenvalue weighted by atomic mass is 16.5. The number of carbonyl (C=O) groups excluding carboxylic acids is 1. The third kappa shape index (κ3) is 6.27. The van der Waals surface area contributed by atoms with E-state index in [1.54, 1.807) is 14.2 Å². The summed E-state index contributed by atoms with van der Waals surface area (Å²) >= 11 is 0. The Labute approximate surface area is 73.4 Å². The van der Waals surface area contributed by atoms with Crippen molar-refractivity contribution in [1.29, 1.82) is 0 Å². The zero-order valence-corrected chi connectivity index (χ0v) is 7.71. The van der Waals surface area contributed by atoms with Crippen LogP contribution >= 0.6 is 0 Å². The van der Waals surface area contributed by atoms with E-state index >= 15 is 0 Å². The molecule has 0 rings (SSSR count). The number of hydrogen-bond donors (Lipinski definition) is 0. The second-order valence-electron chi connectivity index (χ2n) is 2.41. The molecule has 0 aromatic carbocycles. The molecule has 4 nitrogen and oxygen atoms in total. The van der Waals surface area contributed by atoms with Crippen LogP contribution in [0.25, 0.3) is 0 Å². The van der Waals surface area contributed by atoms with Gasteiger partial charge < -0.3 is 9.47 Å². The van der Waals surface area contributed by atoms with Crippen molar-refractivity contribution in [3.8, 4) is 0 Å². The minimum atomic E-state index is 0.326. The van der Waals surface area contributed by atoms with Crippen LogP contribution in [0.15, 0.2) is 0 Å². The minimum absolute atomic E-state index is 0.326. The Balaban J connectivity index is 3.46. The zero-order valence-electron chi connectivity index (χ0n) is 7.71. The first-order valence-electron chi connectivity index (χ1n) is 3.90. The largest absolute Gasteiger partial charge is 0.383 e. The molecular weight excluding hydrogens is 158 g/mol. The predicted octanol–water partition coefficient (Wildman–Crippen LogP) is -0.309. The van der Waals surface area contributed by atoms with Crippen LogP contribution in [0, 0.1) is 0 Å². The molecule has 12 heavy (non-hydrogen) atoms. The van der Waals surface area contributed by atoms with E-state index in [4.69, 9.17) is 9.47 Å². The van der Waals surface area contributed by atoms with Crippen molar-refractivity contribution in [2.24, 2.45) is 0 Å². The van der Waals surface area contributed by atoms with E-state index in [9.17, 15) is 4.79 Å². The van der Waals surface area contributed by atoms with Gasteiger partial charge in [-0.3, -0.25) is 9.69 Å². The van der Waals surface area contributed by atoms with Gasteiger partial charge in [0.05, 0.1) is 19.8 Å². The van der Waals surface area contributed by atoms with Gasteiger partial charge >= 0.3 is 0 Å². The molecule has 0 spiro atoms. The van der Waals surface area contributed by atoms with Gasteiger partial charge in [0.15, 0.2) is 0 Å². The summed E-state index contributed by atoms with van der Waals surface area (Å²) in [7, 11) is 3.28. The molecule has 0 bridgehead atoms. The molecule has 0 atom stereocenters. The highest BCUT2D eigenvalue weighted by Gasteiger charge is 2.02. The Morgan fingerprint density at radius 1 is 1.17 bits per heavy atom. The van der Waals surface area contributed by atoms with E-state index in [1.807, 2.05) is 11.2 Å². The van der Waals surface area contributed by atoms with Gasteiger partial charge in [0.2, 0.25) is 6.29 Å². The summed E-state index contributed by atoms with van der Waals surface area (Å²) in [5.74, 6) is 0. The third-order valence-corrected chi connectivity index (χ3v) is 1.51. The number of hydrogen-bond acceptors (Lipinski definition) is 4. The monoisotopic (exact) mass is 174 g/mol. The molecule has 0 aromatic rings. The van der Waals surface area contributed by atoms with Gasteiger partial charge in [-0.05, 0) is 0 Å². The Bertz CT molecular complexity index is 100. The lowest BCUT2D eigenvalue weighted by molar-refractivity contribution is 0.122. The van der Waals surface area contributed by atoms with Crippen molar-refractivity contribution >= 4 is 6.29 Å². The number of ether oxygens (including phenoxy) is 2. The number of rotatable bonds is 8.